The molecule has 2 aromatic carbocycles. The highest BCUT2D eigenvalue weighted by atomic mass is 16.5. The number of aromatic nitrogens is 1. The largest absolute Gasteiger partial charge is 0.497 e. The molecule has 5 heteroatoms. The minimum Gasteiger partial charge on any atom is -0.497 e. The van der Waals surface area contributed by atoms with E-state index in [1.165, 1.54) is 0 Å². The van der Waals surface area contributed by atoms with E-state index in [1.807, 2.05) is 32.0 Å². The monoisotopic (exact) mass is 322 g/mol. The second-order valence-electron chi connectivity index (χ2n) is 5.74. The molecule has 3 aromatic rings. The summed E-state index contributed by atoms with van der Waals surface area (Å²) in [4.78, 5) is 27.3. The third kappa shape index (κ3) is 3.01. The molecule has 0 saturated carbocycles. The molecule has 1 amide bonds. The van der Waals surface area contributed by atoms with E-state index in [1.54, 1.807) is 31.4 Å². The summed E-state index contributed by atoms with van der Waals surface area (Å²) >= 11 is 0. The van der Waals surface area contributed by atoms with E-state index in [-0.39, 0.29) is 17.2 Å². The van der Waals surface area contributed by atoms with Crippen molar-refractivity contribution >= 4 is 22.4 Å². The van der Waals surface area contributed by atoms with Crippen LogP contribution in [0.3, 0.4) is 0 Å². The number of anilines is 1. The standard InChI is InChI=1S/C19H18N2O3/c1-11-4-7-16(12(2)8-11)20-19(23)17-10-13-9-14(24-3)5-6-15(13)18(22)21-17/h4-10H,1-3H3,(H,20,23)(H,21,22). The van der Waals surface area contributed by atoms with E-state index in [4.69, 9.17) is 4.74 Å². The molecule has 0 saturated heterocycles. The molecule has 0 aliphatic heterocycles. The van der Waals surface area contributed by atoms with E-state index in [9.17, 15) is 9.59 Å². The molecule has 122 valence electrons. The summed E-state index contributed by atoms with van der Waals surface area (Å²) in [7, 11) is 1.56. The number of ether oxygens (including phenoxy) is 1. The Morgan fingerprint density at radius 1 is 1.08 bits per heavy atom. The molecule has 0 atom stereocenters. The second kappa shape index (κ2) is 6.20. The van der Waals surface area contributed by atoms with Gasteiger partial charge in [0, 0.05) is 11.1 Å². The van der Waals surface area contributed by atoms with Crippen LogP contribution in [0.2, 0.25) is 0 Å². The lowest BCUT2D eigenvalue weighted by Crippen LogP contribution is -2.19. The summed E-state index contributed by atoms with van der Waals surface area (Å²) in [6, 6.07) is 12.5. The zero-order valence-electron chi connectivity index (χ0n) is 13.8. The van der Waals surface area contributed by atoms with Gasteiger partial charge in [0.05, 0.1) is 7.11 Å². The third-order valence-electron chi connectivity index (χ3n) is 3.93. The van der Waals surface area contributed by atoms with Gasteiger partial charge in [-0.05, 0) is 55.1 Å². The number of fused-ring (bicyclic) bond motifs is 1. The highest BCUT2D eigenvalue weighted by Crippen LogP contribution is 2.20. The fourth-order valence-corrected chi connectivity index (χ4v) is 2.64. The van der Waals surface area contributed by atoms with Crippen LogP contribution in [0.1, 0.15) is 21.6 Å². The van der Waals surface area contributed by atoms with Crippen LogP contribution in [0.5, 0.6) is 5.75 Å². The van der Waals surface area contributed by atoms with Gasteiger partial charge < -0.3 is 15.0 Å². The number of methoxy groups -OCH3 is 1. The lowest BCUT2D eigenvalue weighted by atomic mass is 10.1. The highest BCUT2D eigenvalue weighted by molar-refractivity contribution is 6.05. The van der Waals surface area contributed by atoms with Crippen molar-refractivity contribution in [3.8, 4) is 5.75 Å². The SMILES string of the molecule is COc1ccc2c(=O)[nH]c(C(=O)Nc3ccc(C)cc3C)cc2c1. The highest BCUT2D eigenvalue weighted by Gasteiger charge is 2.11. The van der Waals surface area contributed by atoms with Crippen molar-refractivity contribution in [3.05, 3.63) is 69.6 Å². The van der Waals surface area contributed by atoms with Gasteiger partial charge in [0.2, 0.25) is 0 Å². The van der Waals surface area contributed by atoms with E-state index in [2.05, 4.69) is 10.3 Å². The van der Waals surface area contributed by atoms with E-state index >= 15 is 0 Å². The van der Waals surface area contributed by atoms with Crippen LogP contribution < -0.4 is 15.6 Å². The van der Waals surface area contributed by atoms with Crippen LogP contribution in [0, 0.1) is 13.8 Å². The van der Waals surface area contributed by atoms with Gasteiger partial charge in [0.1, 0.15) is 11.4 Å². The summed E-state index contributed by atoms with van der Waals surface area (Å²) in [5, 5.41) is 4.00. The van der Waals surface area contributed by atoms with Crippen molar-refractivity contribution < 1.29 is 9.53 Å². The molecule has 5 nitrogen and oxygen atoms in total. The van der Waals surface area contributed by atoms with Crippen LogP contribution in [0.4, 0.5) is 5.69 Å². The van der Waals surface area contributed by atoms with Crippen LogP contribution in [0.25, 0.3) is 10.8 Å². The number of carbonyl (C=O) groups excluding carboxylic acids is 1. The van der Waals surface area contributed by atoms with Crippen molar-refractivity contribution in [3.63, 3.8) is 0 Å². The predicted octanol–water partition coefficient (Wildman–Crippen LogP) is 3.41. The summed E-state index contributed by atoms with van der Waals surface area (Å²) in [6.07, 6.45) is 0. The van der Waals surface area contributed by atoms with E-state index in [0.29, 0.717) is 16.5 Å². The number of nitrogens with one attached hydrogen (secondary N) is 2. The Kier molecular flexibility index (Phi) is 4.08. The summed E-state index contributed by atoms with van der Waals surface area (Å²) < 4.78 is 5.17. The Balaban J connectivity index is 1.99. The van der Waals surface area contributed by atoms with Crippen molar-refractivity contribution in [1.82, 2.24) is 4.98 Å². The van der Waals surface area contributed by atoms with Crippen molar-refractivity contribution in [2.24, 2.45) is 0 Å². The molecular weight excluding hydrogens is 304 g/mol. The van der Waals surface area contributed by atoms with Gasteiger partial charge in [-0.2, -0.15) is 0 Å². The Morgan fingerprint density at radius 3 is 2.58 bits per heavy atom. The Bertz CT molecular complexity index is 990. The molecule has 1 aromatic heterocycles. The van der Waals surface area contributed by atoms with Crippen LogP contribution in [0.15, 0.2) is 47.3 Å². The van der Waals surface area contributed by atoms with Gasteiger partial charge >= 0.3 is 0 Å². The Morgan fingerprint density at radius 2 is 1.88 bits per heavy atom. The number of pyridine rings is 1. The molecule has 3 rings (SSSR count). The molecule has 0 spiro atoms. The number of H-pyrrole nitrogens is 1. The van der Waals surface area contributed by atoms with Crippen LogP contribution >= 0.6 is 0 Å². The Hall–Kier alpha value is -3.08. The quantitative estimate of drug-likeness (QED) is 0.776. The van der Waals surface area contributed by atoms with Gasteiger partial charge in [-0.25, -0.2) is 0 Å². The number of hydrogen-bond donors (Lipinski definition) is 2. The van der Waals surface area contributed by atoms with Crippen LogP contribution in [-0.4, -0.2) is 18.0 Å². The maximum absolute atomic E-state index is 12.5. The fourth-order valence-electron chi connectivity index (χ4n) is 2.64. The lowest BCUT2D eigenvalue weighted by molar-refractivity contribution is 0.102. The van der Waals surface area contributed by atoms with Gasteiger partial charge in [-0.1, -0.05) is 17.7 Å². The topological polar surface area (TPSA) is 71.2 Å². The first-order chi connectivity index (χ1) is 11.5. The average Bonchev–Trinajstić information content (AvgIpc) is 2.56. The van der Waals surface area contributed by atoms with Gasteiger partial charge in [0.15, 0.2) is 0 Å². The number of carbonyl (C=O) groups is 1. The molecule has 0 aliphatic rings. The molecule has 0 aliphatic carbocycles. The van der Waals surface area contributed by atoms with Gasteiger partial charge in [-0.15, -0.1) is 0 Å². The summed E-state index contributed by atoms with van der Waals surface area (Å²) in [5.74, 6) is 0.276. The van der Waals surface area contributed by atoms with Crippen molar-refractivity contribution in [2.45, 2.75) is 13.8 Å². The molecule has 2 N–H and O–H groups in total. The molecule has 0 radical (unpaired) electrons. The normalized spacial score (nSPS) is 10.6. The first-order valence-electron chi connectivity index (χ1n) is 7.57. The molecule has 0 bridgehead atoms. The lowest BCUT2D eigenvalue weighted by Gasteiger charge is -2.10. The molecule has 24 heavy (non-hydrogen) atoms. The van der Waals surface area contributed by atoms with Gasteiger partial charge in [0.25, 0.3) is 11.5 Å². The summed E-state index contributed by atoms with van der Waals surface area (Å²) in [5.41, 5.74) is 2.71. The first-order valence-corrected chi connectivity index (χ1v) is 7.57. The smallest absolute Gasteiger partial charge is 0.272 e. The first kappa shape index (κ1) is 15.8. The Labute approximate surface area is 139 Å². The number of aromatic amines is 1. The second-order valence-corrected chi connectivity index (χ2v) is 5.74. The van der Waals surface area contributed by atoms with Crippen molar-refractivity contribution in [1.29, 1.82) is 0 Å². The summed E-state index contributed by atoms with van der Waals surface area (Å²) in [6.45, 7) is 3.92. The number of hydrogen-bond acceptors (Lipinski definition) is 3. The van der Waals surface area contributed by atoms with Gasteiger partial charge in [-0.3, -0.25) is 9.59 Å². The number of benzene rings is 2. The number of rotatable bonds is 3. The zero-order valence-corrected chi connectivity index (χ0v) is 13.8. The fraction of sp³-hybridized carbons (Fsp3) is 0.158. The third-order valence-corrected chi connectivity index (χ3v) is 3.93. The number of amides is 1. The minimum atomic E-state index is -0.358. The van der Waals surface area contributed by atoms with Crippen molar-refractivity contribution in [2.75, 3.05) is 12.4 Å². The zero-order chi connectivity index (χ0) is 17.3. The molecular formula is C19H18N2O3. The molecule has 0 unspecified atom stereocenters. The van der Waals surface area contributed by atoms with E-state index in [0.717, 1.165) is 16.8 Å². The maximum atomic E-state index is 12.5. The average molecular weight is 322 g/mol. The van der Waals surface area contributed by atoms with E-state index < -0.39 is 0 Å². The molecule has 0 fully saturated rings. The predicted molar refractivity (Wildman–Crippen MR) is 95.0 cm³/mol. The maximum Gasteiger partial charge on any atom is 0.272 e. The van der Waals surface area contributed by atoms with Crippen LogP contribution in [-0.2, 0) is 0 Å². The minimum absolute atomic E-state index is 0.209. The number of aryl methyl sites for hydroxylation is 2. The molecule has 1 heterocycles.